The Balaban J connectivity index is 2.10. The third-order valence-corrected chi connectivity index (χ3v) is 5.60. The predicted octanol–water partition coefficient (Wildman–Crippen LogP) is 2.53. The molecule has 0 radical (unpaired) electrons. The molecule has 0 amide bonds. The zero-order chi connectivity index (χ0) is 15.9. The summed E-state index contributed by atoms with van der Waals surface area (Å²) in [5.74, 6) is -0.599. The van der Waals surface area contributed by atoms with Crippen LogP contribution in [0.2, 0.25) is 0 Å². The van der Waals surface area contributed by atoms with Gasteiger partial charge in [-0.3, -0.25) is 4.79 Å². The van der Waals surface area contributed by atoms with Gasteiger partial charge in [-0.05, 0) is 35.9 Å². The van der Waals surface area contributed by atoms with Gasteiger partial charge in [-0.1, -0.05) is 37.9 Å². The highest BCUT2D eigenvalue weighted by Gasteiger charge is 2.71. The van der Waals surface area contributed by atoms with E-state index in [2.05, 4.69) is 31.9 Å². The molecule has 0 aromatic heterocycles. The summed E-state index contributed by atoms with van der Waals surface area (Å²) in [6, 6.07) is 9.61. The summed E-state index contributed by atoms with van der Waals surface area (Å²) in [4.78, 5) is 12.8. The van der Waals surface area contributed by atoms with Gasteiger partial charge in [0.2, 0.25) is 5.78 Å². The van der Waals surface area contributed by atoms with Gasteiger partial charge in [-0.2, -0.15) is 0 Å². The van der Waals surface area contributed by atoms with Crippen molar-refractivity contribution in [3.8, 4) is 0 Å². The first-order valence-corrected chi connectivity index (χ1v) is 8.18. The summed E-state index contributed by atoms with van der Waals surface area (Å²) in [6.07, 6.45) is -1.40. The molecule has 2 aliphatic carbocycles. The van der Waals surface area contributed by atoms with E-state index in [1.54, 1.807) is 36.4 Å². The van der Waals surface area contributed by atoms with E-state index in [1.807, 2.05) is 0 Å². The number of rotatable bonds is 0. The van der Waals surface area contributed by atoms with Crippen molar-refractivity contribution in [2.75, 3.05) is 0 Å². The normalized spacial score (nSPS) is 31.9. The zero-order valence-electron chi connectivity index (χ0n) is 11.0. The second kappa shape index (κ2) is 4.27. The van der Waals surface area contributed by atoms with E-state index in [9.17, 15) is 20.1 Å². The molecule has 0 fully saturated rings. The van der Waals surface area contributed by atoms with Crippen molar-refractivity contribution in [1.29, 1.82) is 0 Å². The number of Topliss-reactive ketones (excluding diaryl/α,β-unsaturated/α-hetero) is 1. The van der Waals surface area contributed by atoms with Crippen LogP contribution in [0.4, 0.5) is 0 Å². The van der Waals surface area contributed by atoms with E-state index >= 15 is 0 Å². The molecular weight excluding hydrogens is 416 g/mol. The summed E-state index contributed by atoms with van der Waals surface area (Å²) in [6.45, 7) is 0. The quantitative estimate of drug-likeness (QED) is 0.606. The number of fused-ring (bicyclic) bond motifs is 5. The molecule has 112 valence electrons. The molecule has 2 aromatic carbocycles. The summed E-state index contributed by atoms with van der Waals surface area (Å²) in [5, 5.41) is 32.9. The van der Waals surface area contributed by atoms with Crippen LogP contribution < -0.4 is 0 Å². The smallest absolute Gasteiger partial charge is 0.202 e. The summed E-state index contributed by atoms with van der Waals surface area (Å²) < 4.78 is 1.35. The fourth-order valence-electron chi connectivity index (χ4n) is 3.58. The number of halogens is 2. The first kappa shape index (κ1) is 14.5. The number of benzene rings is 2. The van der Waals surface area contributed by atoms with Crippen LogP contribution in [0.1, 0.15) is 33.2 Å². The van der Waals surface area contributed by atoms with Crippen LogP contribution in [-0.4, -0.2) is 21.1 Å². The van der Waals surface area contributed by atoms with E-state index in [1.165, 1.54) is 0 Å². The average Bonchev–Trinajstić information content (AvgIpc) is 2.77. The highest BCUT2D eigenvalue weighted by molar-refractivity contribution is 9.10. The van der Waals surface area contributed by atoms with Crippen molar-refractivity contribution in [3.63, 3.8) is 0 Å². The van der Waals surface area contributed by atoms with Crippen molar-refractivity contribution >= 4 is 37.6 Å². The Morgan fingerprint density at radius 3 is 2.32 bits per heavy atom. The molecule has 4 rings (SSSR count). The van der Waals surface area contributed by atoms with E-state index in [-0.39, 0.29) is 16.7 Å². The van der Waals surface area contributed by atoms with Crippen LogP contribution in [0.5, 0.6) is 0 Å². The van der Waals surface area contributed by atoms with Gasteiger partial charge in [-0.15, -0.1) is 0 Å². The van der Waals surface area contributed by atoms with Crippen LogP contribution in [0.15, 0.2) is 45.3 Å². The highest BCUT2D eigenvalue weighted by atomic mass is 79.9. The van der Waals surface area contributed by atoms with E-state index in [0.29, 0.717) is 14.5 Å². The number of aliphatic hydroxyl groups is 3. The van der Waals surface area contributed by atoms with E-state index in [0.717, 1.165) is 0 Å². The molecule has 0 saturated heterocycles. The van der Waals surface area contributed by atoms with Gasteiger partial charge in [0.05, 0.1) is 0 Å². The fourth-order valence-corrected chi connectivity index (χ4v) is 4.32. The molecule has 0 heterocycles. The first-order valence-electron chi connectivity index (χ1n) is 6.59. The van der Waals surface area contributed by atoms with Crippen molar-refractivity contribution < 1.29 is 20.1 Å². The Kier molecular flexibility index (Phi) is 2.82. The largest absolute Gasteiger partial charge is 0.385 e. The number of carbonyl (C=O) groups excluding carboxylic acids is 1. The minimum atomic E-state index is -2.18. The van der Waals surface area contributed by atoms with Crippen molar-refractivity contribution in [2.45, 2.75) is 17.3 Å². The summed E-state index contributed by atoms with van der Waals surface area (Å²) >= 11 is 6.60. The molecule has 0 spiro atoms. The molecule has 2 aliphatic rings. The second-order valence-electron chi connectivity index (χ2n) is 5.63. The highest BCUT2D eigenvalue weighted by Crippen LogP contribution is 2.62. The molecule has 22 heavy (non-hydrogen) atoms. The Morgan fingerprint density at radius 2 is 1.59 bits per heavy atom. The third-order valence-electron chi connectivity index (χ3n) is 4.61. The van der Waals surface area contributed by atoms with Gasteiger partial charge >= 0.3 is 0 Å². The lowest BCUT2D eigenvalue weighted by molar-refractivity contribution is -0.171. The van der Waals surface area contributed by atoms with Gasteiger partial charge in [0, 0.05) is 25.6 Å². The third kappa shape index (κ3) is 1.40. The first-order chi connectivity index (χ1) is 10.3. The standard InChI is InChI=1S/C16H10Br2O4/c17-7-2-4-11-10(5-7)14(20)16(22)12-6-8(18)1-3-9(12)13(19)15(11,16)21/h1-6,14,20-22H/t14-,15-,16-/m1/s1. The monoisotopic (exact) mass is 424 g/mol. The summed E-state index contributed by atoms with van der Waals surface area (Å²) in [5.41, 5.74) is -3.23. The van der Waals surface area contributed by atoms with Gasteiger partial charge in [0.25, 0.3) is 0 Å². The average molecular weight is 426 g/mol. The molecule has 2 aromatic rings. The van der Waals surface area contributed by atoms with Crippen LogP contribution in [0.3, 0.4) is 0 Å². The number of hydrogen-bond donors (Lipinski definition) is 3. The Hall–Kier alpha value is -1.05. The number of aliphatic hydroxyl groups excluding tert-OH is 1. The maximum atomic E-state index is 12.8. The molecular formula is C16H10Br2O4. The second-order valence-corrected chi connectivity index (χ2v) is 7.46. The van der Waals surface area contributed by atoms with E-state index in [4.69, 9.17) is 0 Å². The molecule has 6 heteroatoms. The van der Waals surface area contributed by atoms with Crippen LogP contribution in [0.25, 0.3) is 0 Å². The minimum Gasteiger partial charge on any atom is -0.385 e. The Bertz CT molecular complexity index is 850. The lowest BCUT2D eigenvalue weighted by Gasteiger charge is -2.33. The molecule has 3 atom stereocenters. The molecule has 0 unspecified atom stereocenters. The molecule has 3 N–H and O–H groups in total. The number of ketones is 1. The van der Waals surface area contributed by atoms with E-state index < -0.39 is 23.1 Å². The SMILES string of the molecule is O=C1c2ccc(Br)cc2[C@@]2(O)[C@H](O)c3cc(Br)ccc3[C@@]12O. The van der Waals surface area contributed by atoms with Crippen LogP contribution in [-0.2, 0) is 11.2 Å². The minimum absolute atomic E-state index is 0.223. The maximum Gasteiger partial charge on any atom is 0.202 e. The topological polar surface area (TPSA) is 77.8 Å². The lowest BCUT2D eigenvalue weighted by atomic mass is 9.82. The molecule has 0 saturated carbocycles. The Morgan fingerprint density at radius 1 is 0.955 bits per heavy atom. The summed E-state index contributed by atoms with van der Waals surface area (Å²) in [7, 11) is 0. The number of hydrogen-bond acceptors (Lipinski definition) is 4. The molecule has 0 bridgehead atoms. The predicted molar refractivity (Wildman–Crippen MR) is 85.4 cm³/mol. The van der Waals surface area contributed by atoms with Crippen LogP contribution in [0, 0.1) is 0 Å². The maximum absolute atomic E-state index is 12.8. The Labute approximate surface area is 142 Å². The van der Waals surface area contributed by atoms with Gasteiger partial charge in [0.15, 0.2) is 11.2 Å². The fraction of sp³-hybridized carbons (Fsp3) is 0.188. The van der Waals surface area contributed by atoms with Crippen molar-refractivity contribution in [1.82, 2.24) is 0 Å². The lowest BCUT2D eigenvalue weighted by Crippen LogP contribution is -2.48. The van der Waals surface area contributed by atoms with Crippen LogP contribution >= 0.6 is 31.9 Å². The van der Waals surface area contributed by atoms with Crippen molar-refractivity contribution in [2.24, 2.45) is 0 Å². The van der Waals surface area contributed by atoms with Gasteiger partial charge in [0.1, 0.15) is 6.10 Å². The molecule has 0 aliphatic heterocycles. The van der Waals surface area contributed by atoms with Gasteiger partial charge < -0.3 is 15.3 Å². The van der Waals surface area contributed by atoms with Gasteiger partial charge in [-0.25, -0.2) is 0 Å². The van der Waals surface area contributed by atoms with Crippen molar-refractivity contribution in [3.05, 3.63) is 67.6 Å². The zero-order valence-corrected chi connectivity index (χ0v) is 14.2. The number of carbonyl (C=O) groups is 1. The molecule has 4 nitrogen and oxygen atoms in total.